The Labute approximate surface area is 170 Å². The van der Waals surface area contributed by atoms with Crippen LogP contribution in [0, 0.1) is 0 Å². The van der Waals surface area contributed by atoms with Gasteiger partial charge < -0.3 is 19.4 Å². The molecule has 0 spiro atoms. The van der Waals surface area contributed by atoms with Crippen LogP contribution in [0.25, 0.3) is 0 Å². The number of benzene rings is 2. The zero-order chi connectivity index (χ0) is 20.1. The first kappa shape index (κ1) is 20.0. The van der Waals surface area contributed by atoms with Gasteiger partial charge in [0.25, 0.3) is 11.8 Å². The predicted molar refractivity (Wildman–Crippen MR) is 110 cm³/mol. The van der Waals surface area contributed by atoms with Crippen molar-refractivity contribution >= 4 is 29.1 Å². The van der Waals surface area contributed by atoms with E-state index >= 15 is 0 Å². The Morgan fingerprint density at radius 2 is 1.50 bits per heavy atom. The lowest BCUT2D eigenvalue weighted by Crippen LogP contribution is -2.51. The summed E-state index contributed by atoms with van der Waals surface area (Å²) in [7, 11) is 3.92. The first-order valence-electron chi connectivity index (χ1n) is 9.17. The summed E-state index contributed by atoms with van der Waals surface area (Å²) in [4.78, 5) is 30.5. The van der Waals surface area contributed by atoms with Crippen LogP contribution >= 0.6 is 11.6 Å². The number of piperazine rings is 1. The molecule has 0 bridgehead atoms. The number of amides is 2. The Morgan fingerprint density at radius 3 is 2.07 bits per heavy atom. The second-order valence-corrected chi connectivity index (χ2v) is 7.29. The Bertz CT molecular complexity index is 814. The van der Waals surface area contributed by atoms with Gasteiger partial charge in [-0.1, -0.05) is 11.6 Å². The van der Waals surface area contributed by atoms with Gasteiger partial charge >= 0.3 is 0 Å². The fourth-order valence-electron chi connectivity index (χ4n) is 3.01. The molecule has 0 radical (unpaired) electrons. The van der Waals surface area contributed by atoms with E-state index in [0.717, 1.165) is 5.69 Å². The van der Waals surface area contributed by atoms with E-state index in [1.165, 1.54) is 0 Å². The molecule has 1 aliphatic heterocycles. The van der Waals surface area contributed by atoms with Gasteiger partial charge in [-0.05, 0) is 48.5 Å². The van der Waals surface area contributed by atoms with Gasteiger partial charge in [0.1, 0.15) is 5.75 Å². The Hall–Kier alpha value is -2.73. The monoisotopic (exact) mass is 401 g/mol. The lowest BCUT2D eigenvalue weighted by molar-refractivity contribution is -0.134. The van der Waals surface area contributed by atoms with Gasteiger partial charge in [0.15, 0.2) is 6.61 Å². The molecule has 0 atom stereocenters. The number of halogens is 1. The standard InChI is InChI=1S/C21H24ClN3O3/c1-23(2)18-7-3-16(4-8-18)21(27)25-13-11-24(12-14-25)20(26)15-28-19-9-5-17(22)6-10-19/h3-10H,11-15H2,1-2H3. The zero-order valence-corrected chi connectivity index (χ0v) is 16.9. The van der Waals surface area contributed by atoms with Crippen molar-refractivity contribution in [3.63, 3.8) is 0 Å². The van der Waals surface area contributed by atoms with Crippen molar-refractivity contribution in [3.8, 4) is 5.75 Å². The van der Waals surface area contributed by atoms with Crippen LogP contribution in [-0.4, -0.2) is 68.5 Å². The fourth-order valence-corrected chi connectivity index (χ4v) is 3.14. The number of hydrogen-bond acceptors (Lipinski definition) is 4. The third kappa shape index (κ3) is 4.95. The minimum Gasteiger partial charge on any atom is -0.484 e. The number of rotatable bonds is 5. The van der Waals surface area contributed by atoms with Gasteiger partial charge in [-0.2, -0.15) is 0 Å². The first-order valence-corrected chi connectivity index (χ1v) is 9.54. The number of hydrogen-bond donors (Lipinski definition) is 0. The van der Waals surface area contributed by atoms with Crippen molar-refractivity contribution in [1.82, 2.24) is 9.80 Å². The summed E-state index contributed by atoms with van der Waals surface area (Å²) in [5.41, 5.74) is 1.71. The molecule has 3 rings (SSSR count). The minimum absolute atomic E-state index is 0.00480. The molecule has 1 saturated heterocycles. The van der Waals surface area contributed by atoms with Crippen molar-refractivity contribution < 1.29 is 14.3 Å². The van der Waals surface area contributed by atoms with E-state index in [1.54, 1.807) is 34.1 Å². The maximum absolute atomic E-state index is 12.7. The molecule has 0 N–H and O–H groups in total. The summed E-state index contributed by atoms with van der Waals surface area (Å²) in [6, 6.07) is 14.4. The van der Waals surface area contributed by atoms with Gasteiger partial charge in [0.2, 0.25) is 0 Å². The number of nitrogens with zero attached hydrogens (tertiary/aromatic N) is 3. The number of ether oxygens (including phenoxy) is 1. The van der Waals surface area contributed by atoms with Crippen LogP contribution in [0.3, 0.4) is 0 Å². The van der Waals surface area contributed by atoms with E-state index in [2.05, 4.69) is 0 Å². The van der Waals surface area contributed by atoms with E-state index in [0.29, 0.717) is 42.5 Å². The topological polar surface area (TPSA) is 53.1 Å². The average molecular weight is 402 g/mol. The van der Waals surface area contributed by atoms with Crippen LogP contribution in [0.2, 0.25) is 5.02 Å². The average Bonchev–Trinajstić information content (AvgIpc) is 2.73. The van der Waals surface area contributed by atoms with Gasteiger partial charge in [-0.25, -0.2) is 0 Å². The summed E-state index contributed by atoms with van der Waals surface area (Å²) in [6.45, 7) is 2.01. The largest absolute Gasteiger partial charge is 0.484 e. The third-order valence-corrected chi connectivity index (χ3v) is 4.98. The molecular formula is C21H24ClN3O3. The molecule has 0 aromatic heterocycles. The second kappa shape index (κ2) is 8.97. The minimum atomic E-state index is -0.0858. The van der Waals surface area contributed by atoms with Gasteiger partial charge in [-0.3, -0.25) is 9.59 Å². The smallest absolute Gasteiger partial charge is 0.260 e. The first-order chi connectivity index (χ1) is 13.4. The lowest BCUT2D eigenvalue weighted by Gasteiger charge is -2.34. The number of anilines is 1. The molecule has 2 aromatic carbocycles. The molecule has 2 amide bonds. The molecule has 1 heterocycles. The van der Waals surface area contributed by atoms with Crippen molar-refractivity contribution in [2.45, 2.75) is 0 Å². The summed E-state index contributed by atoms with van der Waals surface area (Å²) in [6.07, 6.45) is 0. The number of carbonyl (C=O) groups excluding carboxylic acids is 2. The van der Waals surface area contributed by atoms with Crippen molar-refractivity contribution in [1.29, 1.82) is 0 Å². The fraction of sp³-hybridized carbons (Fsp3) is 0.333. The van der Waals surface area contributed by atoms with Crippen molar-refractivity contribution in [2.24, 2.45) is 0 Å². The van der Waals surface area contributed by atoms with Crippen LogP contribution < -0.4 is 9.64 Å². The van der Waals surface area contributed by atoms with Crippen molar-refractivity contribution in [3.05, 3.63) is 59.1 Å². The summed E-state index contributed by atoms with van der Waals surface area (Å²) in [5, 5.41) is 0.621. The highest BCUT2D eigenvalue weighted by Crippen LogP contribution is 2.17. The molecule has 1 aliphatic rings. The molecule has 2 aromatic rings. The van der Waals surface area contributed by atoms with Gasteiger partial charge in [0.05, 0.1) is 0 Å². The maximum atomic E-state index is 12.7. The van der Waals surface area contributed by atoms with Crippen LogP contribution in [0.4, 0.5) is 5.69 Å². The van der Waals surface area contributed by atoms with E-state index in [9.17, 15) is 9.59 Å². The predicted octanol–water partition coefficient (Wildman–Crippen LogP) is 2.77. The van der Waals surface area contributed by atoms with E-state index in [4.69, 9.17) is 16.3 Å². The molecule has 148 valence electrons. The normalized spacial score (nSPS) is 14.0. The third-order valence-electron chi connectivity index (χ3n) is 4.73. The quantitative estimate of drug-likeness (QED) is 0.773. The van der Waals surface area contributed by atoms with E-state index in [-0.39, 0.29) is 18.4 Å². The second-order valence-electron chi connectivity index (χ2n) is 6.86. The Kier molecular flexibility index (Phi) is 6.41. The van der Waals surface area contributed by atoms with Crippen LogP contribution in [-0.2, 0) is 4.79 Å². The number of carbonyl (C=O) groups is 2. The molecule has 0 saturated carbocycles. The molecule has 1 fully saturated rings. The van der Waals surface area contributed by atoms with Crippen LogP contribution in [0.5, 0.6) is 5.75 Å². The highest BCUT2D eigenvalue weighted by Gasteiger charge is 2.25. The molecule has 0 unspecified atom stereocenters. The van der Waals surface area contributed by atoms with Crippen LogP contribution in [0.1, 0.15) is 10.4 Å². The highest BCUT2D eigenvalue weighted by molar-refractivity contribution is 6.30. The summed E-state index contributed by atoms with van der Waals surface area (Å²) >= 11 is 5.84. The maximum Gasteiger partial charge on any atom is 0.260 e. The SMILES string of the molecule is CN(C)c1ccc(C(=O)N2CCN(C(=O)COc3ccc(Cl)cc3)CC2)cc1. The Morgan fingerprint density at radius 1 is 0.929 bits per heavy atom. The van der Waals surface area contributed by atoms with Crippen LogP contribution in [0.15, 0.2) is 48.5 Å². The summed E-state index contributed by atoms with van der Waals surface area (Å²) < 4.78 is 5.52. The zero-order valence-electron chi connectivity index (χ0n) is 16.1. The van der Waals surface area contributed by atoms with E-state index in [1.807, 2.05) is 43.3 Å². The molecule has 7 heteroatoms. The van der Waals surface area contributed by atoms with Gasteiger partial charge in [0, 0.05) is 56.5 Å². The van der Waals surface area contributed by atoms with Gasteiger partial charge in [-0.15, -0.1) is 0 Å². The van der Waals surface area contributed by atoms with Crippen molar-refractivity contribution in [2.75, 3.05) is 51.8 Å². The summed E-state index contributed by atoms with van der Waals surface area (Å²) in [5.74, 6) is 0.514. The highest BCUT2D eigenvalue weighted by atomic mass is 35.5. The Balaban J connectivity index is 1.48. The molecule has 6 nitrogen and oxygen atoms in total. The molecule has 0 aliphatic carbocycles. The molecule has 28 heavy (non-hydrogen) atoms. The van der Waals surface area contributed by atoms with E-state index < -0.39 is 0 Å². The lowest BCUT2D eigenvalue weighted by atomic mass is 10.1. The molecular weight excluding hydrogens is 378 g/mol.